The predicted molar refractivity (Wildman–Crippen MR) is 77.1 cm³/mol. The van der Waals surface area contributed by atoms with Gasteiger partial charge in [-0.2, -0.15) is 0 Å². The van der Waals surface area contributed by atoms with Crippen molar-refractivity contribution in [1.29, 1.82) is 0 Å². The Labute approximate surface area is 124 Å². The number of halogens is 1. The minimum Gasteiger partial charge on any atom is -0.490 e. The lowest BCUT2D eigenvalue weighted by atomic mass is 9.91. The van der Waals surface area contributed by atoms with E-state index in [1.54, 1.807) is 0 Å². The van der Waals surface area contributed by atoms with Crippen molar-refractivity contribution in [3.05, 3.63) is 28.8 Å². The van der Waals surface area contributed by atoms with Gasteiger partial charge in [-0.05, 0) is 18.2 Å². The van der Waals surface area contributed by atoms with Gasteiger partial charge in [0.15, 0.2) is 0 Å². The molecule has 0 aliphatic carbocycles. The zero-order chi connectivity index (χ0) is 14.0. The van der Waals surface area contributed by atoms with E-state index < -0.39 is 0 Å². The molecule has 2 aliphatic heterocycles. The maximum atomic E-state index is 6.14. The lowest BCUT2D eigenvalue weighted by Gasteiger charge is -2.37. The van der Waals surface area contributed by atoms with E-state index in [1.165, 1.54) is 0 Å². The number of benzene rings is 1. The summed E-state index contributed by atoms with van der Waals surface area (Å²) in [6.45, 7) is 2.60. The SMILES string of the molecule is NCc1cc(Cl)ccc1OC1CCOC2(CCOC2)C1. The third kappa shape index (κ3) is 2.93. The summed E-state index contributed by atoms with van der Waals surface area (Å²) in [6, 6.07) is 5.60. The summed E-state index contributed by atoms with van der Waals surface area (Å²) >= 11 is 5.99. The minimum atomic E-state index is -0.141. The molecule has 20 heavy (non-hydrogen) atoms. The van der Waals surface area contributed by atoms with Crippen LogP contribution >= 0.6 is 11.6 Å². The van der Waals surface area contributed by atoms with Crippen LogP contribution in [0, 0.1) is 0 Å². The van der Waals surface area contributed by atoms with Crippen LogP contribution in [0.3, 0.4) is 0 Å². The van der Waals surface area contributed by atoms with E-state index in [2.05, 4.69) is 0 Å². The van der Waals surface area contributed by atoms with Gasteiger partial charge in [0.05, 0.1) is 18.8 Å². The average Bonchev–Trinajstić information content (AvgIpc) is 2.89. The van der Waals surface area contributed by atoms with Crippen LogP contribution in [0.1, 0.15) is 24.8 Å². The third-order valence-corrected chi connectivity index (χ3v) is 4.29. The lowest BCUT2D eigenvalue weighted by Crippen LogP contribution is -2.44. The van der Waals surface area contributed by atoms with Gasteiger partial charge < -0.3 is 19.9 Å². The Morgan fingerprint density at radius 2 is 2.30 bits per heavy atom. The molecule has 0 radical (unpaired) electrons. The maximum Gasteiger partial charge on any atom is 0.124 e. The van der Waals surface area contributed by atoms with Gasteiger partial charge in [0.25, 0.3) is 0 Å². The molecule has 110 valence electrons. The van der Waals surface area contributed by atoms with Crippen LogP contribution < -0.4 is 10.5 Å². The maximum absolute atomic E-state index is 6.14. The highest BCUT2D eigenvalue weighted by Gasteiger charge is 2.41. The summed E-state index contributed by atoms with van der Waals surface area (Å²) in [5, 5.41) is 0.686. The second kappa shape index (κ2) is 5.90. The molecule has 1 aromatic rings. The fourth-order valence-corrected chi connectivity index (χ4v) is 3.14. The summed E-state index contributed by atoms with van der Waals surface area (Å²) in [7, 11) is 0. The minimum absolute atomic E-state index is 0.141. The van der Waals surface area contributed by atoms with Gasteiger partial charge in [-0.15, -0.1) is 0 Å². The molecule has 0 bridgehead atoms. The first-order valence-electron chi connectivity index (χ1n) is 7.08. The van der Waals surface area contributed by atoms with E-state index in [0.29, 0.717) is 18.2 Å². The molecule has 2 aliphatic rings. The van der Waals surface area contributed by atoms with Crippen LogP contribution in [0.5, 0.6) is 5.75 Å². The van der Waals surface area contributed by atoms with E-state index in [0.717, 1.165) is 43.8 Å². The smallest absolute Gasteiger partial charge is 0.124 e. The molecule has 2 N–H and O–H groups in total. The van der Waals surface area contributed by atoms with Gasteiger partial charge in [-0.1, -0.05) is 11.6 Å². The van der Waals surface area contributed by atoms with Crippen molar-refractivity contribution < 1.29 is 14.2 Å². The van der Waals surface area contributed by atoms with E-state index >= 15 is 0 Å². The molecule has 2 heterocycles. The van der Waals surface area contributed by atoms with Crippen molar-refractivity contribution in [1.82, 2.24) is 0 Å². The topological polar surface area (TPSA) is 53.7 Å². The molecule has 1 spiro atoms. The quantitative estimate of drug-likeness (QED) is 0.931. The largest absolute Gasteiger partial charge is 0.490 e. The van der Waals surface area contributed by atoms with E-state index in [4.69, 9.17) is 31.5 Å². The standard InChI is InChI=1S/C15H20ClNO3/c16-12-1-2-14(11(7-12)9-17)20-13-3-5-19-15(8-13)4-6-18-10-15/h1-2,7,13H,3-6,8-10,17H2. The first kappa shape index (κ1) is 14.1. The van der Waals surface area contributed by atoms with Crippen molar-refractivity contribution in [2.24, 2.45) is 5.73 Å². The van der Waals surface area contributed by atoms with Crippen molar-refractivity contribution >= 4 is 11.6 Å². The molecular weight excluding hydrogens is 278 g/mol. The molecule has 3 rings (SSSR count). The molecule has 1 aromatic carbocycles. The monoisotopic (exact) mass is 297 g/mol. The van der Waals surface area contributed by atoms with Gasteiger partial charge in [-0.3, -0.25) is 0 Å². The lowest BCUT2D eigenvalue weighted by molar-refractivity contribution is -0.112. The Morgan fingerprint density at radius 1 is 1.40 bits per heavy atom. The zero-order valence-electron chi connectivity index (χ0n) is 11.4. The Balaban J connectivity index is 1.71. The molecular formula is C15H20ClNO3. The van der Waals surface area contributed by atoms with E-state index in [9.17, 15) is 0 Å². The van der Waals surface area contributed by atoms with E-state index in [-0.39, 0.29) is 11.7 Å². The Bertz CT molecular complexity index is 474. The van der Waals surface area contributed by atoms with Crippen LogP contribution in [0.2, 0.25) is 5.02 Å². The van der Waals surface area contributed by atoms with Crippen molar-refractivity contribution in [3.63, 3.8) is 0 Å². The van der Waals surface area contributed by atoms with Crippen LogP contribution in [0.15, 0.2) is 18.2 Å². The molecule has 0 amide bonds. The normalized spacial score (nSPS) is 29.8. The zero-order valence-corrected chi connectivity index (χ0v) is 12.2. The summed E-state index contributed by atoms with van der Waals surface area (Å²) in [6.07, 6.45) is 2.88. The van der Waals surface area contributed by atoms with E-state index in [1.807, 2.05) is 18.2 Å². The van der Waals surface area contributed by atoms with Crippen LogP contribution in [0.25, 0.3) is 0 Å². The highest BCUT2D eigenvalue weighted by molar-refractivity contribution is 6.30. The number of hydrogen-bond acceptors (Lipinski definition) is 4. The Hall–Kier alpha value is -0.810. The van der Waals surface area contributed by atoms with Gasteiger partial charge in [0.2, 0.25) is 0 Å². The van der Waals surface area contributed by atoms with Crippen molar-refractivity contribution in [2.45, 2.75) is 37.5 Å². The summed E-state index contributed by atoms with van der Waals surface area (Å²) < 4.78 is 17.5. The molecule has 0 saturated carbocycles. The van der Waals surface area contributed by atoms with Crippen LogP contribution in [0.4, 0.5) is 0 Å². The molecule has 2 unspecified atom stereocenters. The molecule has 2 atom stereocenters. The highest BCUT2D eigenvalue weighted by atomic mass is 35.5. The fraction of sp³-hybridized carbons (Fsp3) is 0.600. The second-order valence-corrected chi connectivity index (χ2v) is 5.96. The van der Waals surface area contributed by atoms with Gasteiger partial charge in [-0.25, -0.2) is 0 Å². The molecule has 0 aromatic heterocycles. The number of ether oxygens (including phenoxy) is 3. The van der Waals surface area contributed by atoms with Gasteiger partial charge >= 0.3 is 0 Å². The Morgan fingerprint density at radius 3 is 3.05 bits per heavy atom. The highest BCUT2D eigenvalue weighted by Crippen LogP contribution is 2.35. The first-order chi connectivity index (χ1) is 9.71. The van der Waals surface area contributed by atoms with Gasteiger partial charge in [0, 0.05) is 43.0 Å². The summed E-state index contributed by atoms with van der Waals surface area (Å²) in [5.41, 5.74) is 6.56. The van der Waals surface area contributed by atoms with Crippen LogP contribution in [-0.2, 0) is 16.0 Å². The molecule has 4 nitrogen and oxygen atoms in total. The third-order valence-electron chi connectivity index (χ3n) is 4.05. The van der Waals surface area contributed by atoms with Crippen LogP contribution in [-0.4, -0.2) is 31.5 Å². The average molecular weight is 298 g/mol. The fourth-order valence-electron chi connectivity index (χ4n) is 2.95. The van der Waals surface area contributed by atoms with Crippen molar-refractivity contribution in [3.8, 4) is 5.75 Å². The molecule has 2 fully saturated rings. The molecule has 5 heteroatoms. The number of hydrogen-bond donors (Lipinski definition) is 1. The predicted octanol–water partition coefficient (Wildman–Crippen LogP) is 2.52. The van der Waals surface area contributed by atoms with Crippen molar-refractivity contribution in [2.75, 3.05) is 19.8 Å². The summed E-state index contributed by atoms with van der Waals surface area (Å²) in [5.74, 6) is 0.831. The van der Waals surface area contributed by atoms with Gasteiger partial charge in [0.1, 0.15) is 11.9 Å². The number of nitrogens with two attached hydrogens (primary N) is 1. The molecule has 2 saturated heterocycles. The Kier molecular flexibility index (Phi) is 4.17. The first-order valence-corrected chi connectivity index (χ1v) is 7.45. The second-order valence-electron chi connectivity index (χ2n) is 5.52. The number of rotatable bonds is 3. The summed E-state index contributed by atoms with van der Waals surface area (Å²) in [4.78, 5) is 0.